The minimum atomic E-state index is 1.15. The van der Waals surface area contributed by atoms with Gasteiger partial charge in [-0.05, 0) is 71.8 Å². The zero-order valence-electron chi connectivity index (χ0n) is 13.9. The number of hydrogen-bond donors (Lipinski definition) is 2. The van der Waals surface area contributed by atoms with Crippen LogP contribution in [0.4, 0.5) is 0 Å². The molecule has 0 saturated heterocycles. The molecule has 6 aromatic rings. The van der Waals surface area contributed by atoms with Crippen molar-refractivity contribution in [2.24, 2.45) is 0 Å². The van der Waals surface area contributed by atoms with Gasteiger partial charge in [0, 0.05) is 43.6 Å². The Balaban J connectivity index is 1.61. The fourth-order valence-corrected chi connectivity index (χ4v) is 3.93. The first-order valence-electron chi connectivity index (χ1n) is 8.70. The number of aromatic nitrogens is 2. The van der Waals surface area contributed by atoms with Gasteiger partial charge in [0.1, 0.15) is 0 Å². The Morgan fingerprint density at radius 3 is 1.46 bits per heavy atom. The first kappa shape index (κ1) is 13.7. The quantitative estimate of drug-likeness (QED) is 0.358. The van der Waals surface area contributed by atoms with Gasteiger partial charge in [0.15, 0.2) is 0 Å². The lowest BCUT2D eigenvalue weighted by Crippen LogP contribution is -1.78. The summed E-state index contributed by atoms with van der Waals surface area (Å²) in [6.45, 7) is 0. The summed E-state index contributed by atoms with van der Waals surface area (Å²) in [7, 11) is 0. The van der Waals surface area contributed by atoms with Crippen LogP contribution in [0.2, 0.25) is 0 Å². The van der Waals surface area contributed by atoms with Gasteiger partial charge in [-0.3, -0.25) is 0 Å². The van der Waals surface area contributed by atoms with Crippen LogP contribution >= 0.6 is 0 Å². The second-order valence-corrected chi connectivity index (χ2v) is 6.71. The third-order valence-electron chi connectivity index (χ3n) is 5.22. The highest BCUT2D eigenvalue weighted by Crippen LogP contribution is 2.33. The highest BCUT2D eigenvalue weighted by atomic mass is 14.7. The van der Waals surface area contributed by atoms with Crippen LogP contribution in [0.25, 0.3) is 54.7 Å². The zero-order valence-corrected chi connectivity index (χ0v) is 13.9. The number of H-pyrrole nitrogens is 2. The van der Waals surface area contributed by atoms with E-state index in [0.717, 1.165) is 22.1 Å². The van der Waals surface area contributed by atoms with Gasteiger partial charge in [-0.25, -0.2) is 0 Å². The highest BCUT2D eigenvalue weighted by Gasteiger charge is 2.08. The Morgan fingerprint density at radius 1 is 0.500 bits per heavy atom. The van der Waals surface area contributed by atoms with Crippen molar-refractivity contribution in [3.8, 4) is 11.1 Å². The SMILES string of the molecule is [c]1ccc2[nH]c3ccc(-c4ccc5[nH]c6cc[c]cc6c5c4)cc3c2c1. The maximum atomic E-state index is 3.48. The molecule has 0 aliphatic heterocycles. The normalized spacial score (nSPS) is 11.8. The van der Waals surface area contributed by atoms with Gasteiger partial charge in [-0.15, -0.1) is 0 Å². The Bertz CT molecular complexity index is 1320. The number of fused-ring (bicyclic) bond motifs is 6. The minimum absolute atomic E-state index is 1.15. The van der Waals surface area contributed by atoms with Crippen molar-refractivity contribution in [2.45, 2.75) is 0 Å². The number of hydrogen-bond acceptors (Lipinski definition) is 0. The highest BCUT2D eigenvalue weighted by molar-refractivity contribution is 6.10. The largest absolute Gasteiger partial charge is 0.355 e. The van der Waals surface area contributed by atoms with Crippen LogP contribution in [0.5, 0.6) is 0 Å². The minimum Gasteiger partial charge on any atom is -0.355 e. The molecule has 120 valence electrons. The number of rotatable bonds is 1. The van der Waals surface area contributed by atoms with Crippen molar-refractivity contribution >= 4 is 43.6 Å². The molecule has 2 aromatic heterocycles. The molecular formula is C24H14N2. The molecule has 0 aliphatic carbocycles. The molecule has 0 saturated carbocycles. The van der Waals surface area contributed by atoms with Crippen LogP contribution in [-0.4, -0.2) is 9.97 Å². The van der Waals surface area contributed by atoms with E-state index < -0.39 is 0 Å². The molecule has 2 N–H and O–H groups in total. The molecule has 0 unspecified atom stereocenters. The second kappa shape index (κ2) is 4.99. The topological polar surface area (TPSA) is 31.6 Å². The van der Waals surface area contributed by atoms with Crippen molar-refractivity contribution in [1.29, 1.82) is 0 Å². The standard InChI is InChI=1S/C24H14N2/c1-3-7-21-17(5-1)19-13-15(9-11-23(19)25-21)16-10-12-24-20(14-16)18-6-2-4-8-22(18)26-24/h3-14,25-26H. The lowest BCUT2D eigenvalue weighted by atomic mass is 10.0. The molecule has 2 heterocycles. The third-order valence-corrected chi connectivity index (χ3v) is 5.22. The Kier molecular flexibility index (Phi) is 2.64. The molecule has 2 nitrogen and oxygen atoms in total. The average Bonchev–Trinajstić information content (AvgIpc) is 3.25. The maximum Gasteiger partial charge on any atom is 0.0465 e. The Morgan fingerprint density at radius 2 is 0.962 bits per heavy atom. The third kappa shape index (κ3) is 1.87. The van der Waals surface area contributed by atoms with E-state index in [4.69, 9.17) is 0 Å². The van der Waals surface area contributed by atoms with Crippen molar-refractivity contribution in [3.05, 3.63) is 84.9 Å². The number of nitrogens with one attached hydrogen (secondary N) is 2. The van der Waals surface area contributed by atoms with E-state index >= 15 is 0 Å². The Labute approximate surface area is 150 Å². The van der Waals surface area contributed by atoms with Crippen LogP contribution in [-0.2, 0) is 0 Å². The monoisotopic (exact) mass is 330 g/mol. The van der Waals surface area contributed by atoms with Gasteiger partial charge in [0.25, 0.3) is 0 Å². The van der Waals surface area contributed by atoms with Gasteiger partial charge >= 0.3 is 0 Å². The summed E-state index contributed by atoms with van der Waals surface area (Å²) in [4.78, 5) is 6.95. The second-order valence-electron chi connectivity index (χ2n) is 6.71. The molecule has 4 aromatic carbocycles. The summed E-state index contributed by atoms with van der Waals surface area (Å²) in [6, 6.07) is 31.7. The Hall–Kier alpha value is -3.52. The summed E-state index contributed by atoms with van der Waals surface area (Å²) in [5, 5.41) is 4.91. The maximum absolute atomic E-state index is 3.48. The van der Waals surface area contributed by atoms with E-state index in [1.165, 1.54) is 32.7 Å². The van der Waals surface area contributed by atoms with E-state index in [0.29, 0.717) is 0 Å². The van der Waals surface area contributed by atoms with Gasteiger partial charge in [-0.2, -0.15) is 0 Å². The fourth-order valence-electron chi connectivity index (χ4n) is 3.93. The lowest BCUT2D eigenvalue weighted by Gasteiger charge is -2.03. The van der Waals surface area contributed by atoms with Gasteiger partial charge in [0.2, 0.25) is 0 Å². The predicted molar refractivity (Wildman–Crippen MR) is 108 cm³/mol. The van der Waals surface area contributed by atoms with Crippen LogP contribution in [0.1, 0.15) is 0 Å². The lowest BCUT2D eigenvalue weighted by molar-refractivity contribution is 1.54. The zero-order chi connectivity index (χ0) is 17.1. The number of benzene rings is 4. The smallest absolute Gasteiger partial charge is 0.0465 e. The van der Waals surface area contributed by atoms with Gasteiger partial charge in [-0.1, -0.05) is 24.3 Å². The van der Waals surface area contributed by atoms with E-state index in [1.54, 1.807) is 0 Å². The molecule has 0 spiro atoms. The molecule has 0 amide bonds. The fraction of sp³-hybridized carbons (Fsp3) is 0. The van der Waals surface area contributed by atoms with Crippen LogP contribution in [0.15, 0.2) is 72.8 Å². The molecule has 2 heteroatoms. The van der Waals surface area contributed by atoms with Gasteiger partial charge < -0.3 is 9.97 Å². The van der Waals surface area contributed by atoms with Crippen molar-refractivity contribution in [1.82, 2.24) is 9.97 Å². The summed E-state index contributed by atoms with van der Waals surface area (Å²) in [6.07, 6.45) is 0. The molecule has 6 rings (SSSR count). The van der Waals surface area contributed by atoms with E-state index in [9.17, 15) is 0 Å². The van der Waals surface area contributed by atoms with E-state index in [-0.39, 0.29) is 0 Å². The summed E-state index contributed by atoms with van der Waals surface area (Å²) in [5.74, 6) is 0. The molecule has 0 fully saturated rings. The van der Waals surface area contributed by atoms with Crippen molar-refractivity contribution in [2.75, 3.05) is 0 Å². The molecule has 0 bridgehead atoms. The summed E-state index contributed by atoms with van der Waals surface area (Å²) < 4.78 is 0. The number of aromatic amines is 2. The van der Waals surface area contributed by atoms with Gasteiger partial charge in [0.05, 0.1) is 0 Å². The average molecular weight is 330 g/mol. The molecule has 0 atom stereocenters. The van der Waals surface area contributed by atoms with Crippen molar-refractivity contribution < 1.29 is 0 Å². The van der Waals surface area contributed by atoms with Crippen molar-refractivity contribution in [3.63, 3.8) is 0 Å². The van der Waals surface area contributed by atoms with Crippen LogP contribution in [0.3, 0.4) is 0 Å². The first-order valence-corrected chi connectivity index (χ1v) is 8.70. The van der Waals surface area contributed by atoms with E-state index in [1.807, 2.05) is 12.1 Å². The van der Waals surface area contributed by atoms with E-state index in [2.05, 4.69) is 82.8 Å². The molecule has 0 aliphatic rings. The molecule has 26 heavy (non-hydrogen) atoms. The summed E-state index contributed by atoms with van der Waals surface area (Å²) in [5.41, 5.74) is 7.06. The summed E-state index contributed by atoms with van der Waals surface area (Å²) >= 11 is 0. The first-order chi connectivity index (χ1) is 12.9. The van der Waals surface area contributed by atoms with Crippen LogP contribution in [0, 0.1) is 12.1 Å². The predicted octanol–water partition coefficient (Wildman–Crippen LogP) is 6.22. The van der Waals surface area contributed by atoms with Crippen LogP contribution < -0.4 is 0 Å². The molecule has 2 radical (unpaired) electrons. The molecular weight excluding hydrogens is 316 g/mol.